The number of benzene rings is 3. The highest BCUT2D eigenvalue weighted by molar-refractivity contribution is 5.97. The summed E-state index contributed by atoms with van der Waals surface area (Å²) in [6, 6.07) is 20.2. The molecule has 0 heteroatoms. The SMILES string of the molecule is C1=Cc2cc(C=C(c3ccc4c(c3)C=C4)c3ccc4c(c3)C=C4)ccc21. The summed E-state index contributed by atoms with van der Waals surface area (Å²) in [5.41, 5.74) is 13.1. The van der Waals surface area contributed by atoms with Crippen molar-refractivity contribution in [2.24, 2.45) is 0 Å². The quantitative estimate of drug-likeness (QED) is 0.316. The normalized spacial score (nSPS) is 13.7. The van der Waals surface area contributed by atoms with Gasteiger partial charge in [-0.2, -0.15) is 0 Å². The molecule has 0 aromatic heterocycles. The third kappa shape index (κ3) is 2.02. The number of fused-ring (bicyclic) bond motifs is 3. The zero-order valence-electron chi connectivity index (χ0n) is 14.2. The van der Waals surface area contributed by atoms with Crippen LogP contribution in [-0.2, 0) is 0 Å². The van der Waals surface area contributed by atoms with Gasteiger partial charge in [-0.15, -0.1) is 0 Å². The topological polar surface area (TPSA) is 0 Å². The molecule has 0 atom stereocenters. The van der Waals surface area contributed by atoms with Gasteiger partial charge < -0.3 is 0 Å². The summed E-state index contributed by atoms with van der Waals surface area (Å²) in [5.74, 6) is 0. The molecule has 0 bridgehead atoms. The molecule has 6 rings (SSSR count). The fourth-order valence-electron chi connectivity index (χ4n) is 3.81. The van der Waals surface area contributed by atoms with Crippen LogP contribution in [0.5, 0.6) is 0 Å². The second-order valence-corrected chi connectivity index (χ2v) is 7.13. The summed E-state index contributed by atoms with van der Waals surface area (Å²) in [6.07, 6.45) is 15.4. The van der Waals surface area contributed by atoms with Crippen molar-refractivity contribution < 1.29 is 0 Å². The summed E-state index contributed by atoms with van der Waals surface area (Å²) in [6.45, 7) is 0. The predicted octanol–water partition coefficient (Wildman–Crippen LogP) is 6.73. The molecule has 0 fully saturated rings. The van der Waals surface area contributed by atoms with Gasteiger partial charge in [0.1, 0.15) is 0 Å². The van der Waals surface area contributed by atoms with Gasteiger partial charge in [0.15, 0.2) is 0 Å². The van der Waals surface area contributed by atoms with E-state index in [4.69, 9.17) is 0 Å². The summed E-state index contributed by atoms with van der Waals surface area (Å²) in [7, 11) is 0. The van der Waals surface area contributed by atoms with Gasteiger partial charge in [-0.05, 0) is 79.9 Å². The fraction of sp³-hybridized carbons (Fsp3) is 0. The molecule has 0 unspecified atom stereocenters. The van der Waals surface area contributed by atoms with Gasteiger partial charge in [0.05, 0.1) is 0 Å². The summed E-state index contributed by atoms with van der Waals surface area (Å²) < 4.78 is 0. The molecule has 0 radical (unpaired) electrons. The molecule has 0 nitrogen and oxygen atoms in total. The van der Waals surface area contributed by atoms with Crippen LogP contribution in [0.3, 0.4) is 0 Å². The summed E-state index contributed by atoms with van der Waals surface area (Å²) >= 11 is 0. The zero-order chi connectivity index (χ0) is 17.1. The van der Waals surface area contributed by atoms with E-state index in [0.717, 1.165) is 0 Å². The average molecular weight is 328 g/mol. The third-order valence-electron chi connectivity index (χ3n) is 5.54. The Labute approximate surface area is 153 Å². The summed E-state index contributed by atoms with van der Waals surface area (Å²) in [4.78, 5) is 0. The van der Waals surface area contributed by atoms with Crippen LogP contribution in [0, 0.1) is 0 Å². The van der Waals surface area contributed by atoms with Crippen LogP contribution in [-0.4, -0.2) is 0 Å². The number of hydrogen-bond donors (Lipinski definition) is 0. The largest absolute Gasteiger partial charge is 0.0543 e. The Hall–Kier alpha value is -3.38. The van der Waals surface area contributed by atoms with Crippen LogP contribution < -0.4 is 0 Å². The lowest BCUT2D eigenvalue weighted by Crippen LogP contribution is -1.97. The molecule has 0 saturated carbocycles. The Morgan fingerprint density at radius 2 is 0.923 bits per heavy atom. The van der Waals surface area contributed by atoms with Crippen molar-refractivity contribution in [3.8, 4) is 0 Å². The minimum atomic E-state index is 1.25. The van der Waals surface area contributed by atoms with Crippen molar-refractivity contribution in [2.75, 3.05) is 0 Å². The first-order chi connectivity index (χ1) is 12.8. The Morgan fingerprint density at radius 3 is 1.35 bits per heavy atom. The lowest BCUT2D eigenvalue weighted by Gasteiger charge is -2.18. The molecule has 26 heavy (non-hydrogen) atoms. The molecule has 0 saturated heterocycles. The molecule has 0 spiro atoms. The maximum Gasteiger partial charge on any atom is -0.0105 e. The van der Waals surface area contributed by atoms with E-state index in [9.17, 15) is 0 Å². The zero-order valence-corrected chi connectivity index (χ0v) is 14.2. The first kappa shape index (κ1) is 13.9. The smallest absolute Gasteiger partial charge is 0.0105 e. The molecular weight excluding hydrogens is 312 g/mol. The second kappa shape index (κ2) is 5.06. The van der Waals surface area contributed by atoms with Crippen molar-refractivity contribution in [3.05, 3.63) is 105 Å². The van der Waals surface area contributed by atoms with Gasteiger partial charge in [0.25, 0.3) is 0 Å². The van der Waals surface area contributed by atoms with Crippen molar-refractivity contribution in [3.63, 3.8) is 0 Å². The summed E-state index contributed by atoms with van der Waals surface area (Å²) in [5, 5.41) is 0. The maximum atomic E-state index is 2.32. The van der Waals surface area contributed by atoms with Crippen LogP contribution >= 0.6 is 0 Å². The highest BCUT2D eigenvalue weighted by atomic mass is 14.2. The van der Waals surface area contributed by atoms with Crippen LogP contribution in [0.2, 0.25) is 0 Å². The lowest BCUT2D eigenvalue weighted by molar-refractivity contribution is 1.48. The van der Waals surface area contributed by atoms with E-state index in [1.807, 2.05) is 0 Å². The Morgan fingerprint density at radius 1 is 0.462 bits per heavy atom. The lowest BCUT2D eigenvalue weighted by atomic mass is 9.86. The predicted molar refractivity (Wildman–Crippen MR) is 113 cm³/mol. The molecule has 120 valence electrons. The van der Waals surface area contributed by atoms with Crippen LogP contribution in [0.1, 0.15) is 50.1 Å². The molecule has 3 aliphatic rings. The molecule has 0 N–H and O–H groups in total. The first-order valence-electron chi connectivity index (χ1n) is 9.02. The highest BCUT2D eigenvalue weighted by Gasteiger charge is 2.14. The van der Waals surface area contributed by atoms with Crippen LogP contribution in [0.15, 0.2) is 54.6 Å². The van der Waals surface area contributed by atoms with E-state index in [1.54, 1.807) is 0 Å². The van der Waals surface area contributed by atoms with E-state index in [0.29, 0.717) is 0 Å². The van der Waals surface area contributed by atoms with Crippen LogP contribution in [0.4, 0.5) is 0 Å². The van der Waals surface area contributed by atoms with E-state index < -0.39 is 0 Å². The van der Waals surface area contributed by atoms with Gasteiger partial charge in [0, 0.05) is 0 Å². The standard InChI is InChI=1S/C26H16/c1-2-18-3-8-21(18)13-17(1)14-26(24-11-6-19-4-9-22(19)15-24)25-12-7-20-5-10-23(20)16-25/h1-16H. The molecule has 0 amide bonds. The second-order valence-electron chi connectivity index (χ2n) is 7.13. The van der Waals surface area contributed by atoms with E-state index >= 15 is 0 Å². The van der Waals surface area contributed by atoms with Gasteiger partial charge in [-0.1, -0.05) is 72.9 Å². The minimum Gasteiger partial charge on any atom is -0.0543 e. The van der Waals surface area contributed by atoms with Gasteiger partial charge >= 0.3 is 0 Å². The van der Waals surface area contributed by atoms with Gasteiger partial charge in [-0.3, -0.25) is 0 Å². The molecule has 3 aliphatic carbocycles. The Bertz CT molecular complexity index is 1150. The van der Waals surface area contributed by atoms with E-state index in [1.165, 1.54) is 55.6 Å². The van der Waals surface area contributed by atoms with Crippen molar-refractivity contribution in [1.82, 2.24) is 0 Å². The third-order valence-corrected chi connectivity index (χ3v) is 5.54. The Balaban J connectivity index is 1.51. The van der Waals surface area contributed by atoms with E-state index in [2.05, 4.69) is 97.1 Å². The first-order valence-corrected chi connectivity index (χ1v) is 9.02. The molecule has 3 aromatic carbocycles. The highest BCUT2D eigenvalue weighted by Crippen LogP contribution is 2.35. The Kier molecular flexibility index (Phi) is 2.70. The number of hydrogen-bond acceptors (Lipinski definition) is 0. The van der Waals surface area contributed by atoms with Crippen molar-refractivity contribution >= 4 is 48.1 Å². The van der Waals surface area contributed by atoms with Gasteiger partial charge in [-0.25, -0.2) is 0 Å². The fourth-order valence-corrected chi connectivity index (χ4v) is 3.81. The van der Waals surface area contributed by atoms with Crippen molar-refractivity contribution in [2.45, 2.75) is 0 Å². The van der Waals surface area contributed by atoms with Gasteiger partial charge in [0.2, 0.25) is 0 Å². The molecular formula is C26H16. The maximum absolute atomic E-state index is 2.32. The monoisotopic (exact) mass is 328 g/mol. The molecule has 3 aromatic rings. The molecule has 0 aliphatic heterocycles. The average Bonchev–Trinajstić information content (AvgIpc) is 2.58. The minimum absolute atomic E-state index is 1.25. The van der Waals surface area contributed by atoms with E-state index in [-0.39, 0.29) is 0 Å². The number of rotatable bonds is 3. The van der Waals surface area contributed by atoms with Crippen LogP contribution in [0.25, 0.3) is 48.1 Å². The van der Waals surface area contributed by atoms with Crippen molar-refractivity contribution in [1.29, 1.82) is 0 Å². The molecule has 0 heterocycles.